The van der Waals surface area contributed by atoms with Gasteiger partial charge in [0.2, 0.25) is 11.8 Å². The van der Waals surface area contributed by atoms with E-state index in [1.54, 1.807) is 28.1 Å². The number of likely N-dealkylation sites (tertiary alicyclic amines) is 2. The van der Waals surface area contributed by atoms with Gasteiger partial charge < -0.3 is 49.3 Å². The predicted octanol–water partition coefficient (Wildman–Crippen LogP) is 10.4. The van der Waals surface area contributed by atoms with Crippen LogP contribution in [0.15, 0.2) is 72.8 Å². The summed E-state index contributed by atoms with van der Waals surface area (Å²) in [4.78, 5) is 76.0. The number of rotatable bonds is 12. The molecule has 11 atom stereocenters. The number of hydrogen-bond acceptors (Lipinski definition) is 10. The second-order valence-corrected chi connectivity index (χ2v) is 22.5. The zero-order valence-corrected chi connectivity index (χ0v) is 45.5. The predicted molar refractivity (Wildman–Crippen MR) is 294 cm³/mol. The molecular weight excluding hydrogens is 973 g/mol. The molecule has 0 radical (unpaired) electrons. The van der Waals surface area contributed by atoms with Gasteiger partial charge in [-0.2, -0.15) is 0 Å². The lowest BCUT2D eigenvalue weighted by Gasteiger charge is -2.37. The molecule has 2 aromatic heterocycles. The van der Waals surface area contributed by atoms with E-state index in [4.69, 9.17) is 28.9 Å². The van der Waals surface area contributed by atoms with Crippen LogP contribution >= 0.6 is 0 Å². The third kappa shape index (κ3) is 10.1. The summed E-state index contributed by atoms with van der Waals surface area (Å²) >= 11 is 0. The molecule has 2 aliphatic heterocycles. The van der Waals surface area contributed by atoms with E-state index in [1.807, 2.05) is 9.80 Å². The number of methoxy groups -OCH3 is 4. The fourth-order valence-corrected chi connectivity index (χ4v) is 13.8. The Morgan fingerprint density at radius 1 is 0.597 bits per heavy atom. The molecule has 4 aromatic carbocycles. The summed E-state index contributed by atoms with van der Waals surface area (Å²) in [5, 5.41) is 5.54. The van der Waals surface area contributed by atoms with Crippen molar-refractivity contribution in [1.82, 2.24) is 40.4 Å². The number of carbonyl (C=O) groups is 4. The monoisotopic (exact) mass is 1050 g/mol. The second kappa shape index (κ2) is 21.9. The molecule has 4 fully saturated rings. The van der Waals surface area contributed by atoms with Gasteiger partial charge in [-0.3, -0.25) is 9.59 Å². The van der Waals surface area contributed by atoms with Crippen molar-refractivity contribution in [1.29, 1.82) is 0 Å². The Bertz CT molecular complexity index is 3190. The molecule has 4 heterocycles. The molecule has 6 aliphatic carbocycles. The van der Waals surface area contributed by atoms with E-state index in [9.17, 15) is 19.2 Å². The Hall–Kier alpha value is -6.78. The number of imidazole rings is 2. The van der Waals surface area contributed by atoms with Gasteiger partial charge in [-0.05, 0) is 158 Å². The zero-order chi connectivity index (χ0) is 53.6. The van der Waals surface area contributed by atoms with Crippen LogP contribution in [0.5, 0.6) is 0 Å². The number of carbonyl (C=O) groups excluding carboxylic acids is 4. The van der Waals surface area contributed by atoms with Gasteiger partial charge in [0.25, 0.3) is 0 Å². The van der Waals surface area contributed by atoms with Crippen molar-refractivity contribution in [3.8, 4) is 22.3 Å². The van der Waals surface area contributed by atoms with Crippen LogP contribution in [0.25, 0.3) is 44.3 Å². The molecule has 4 amide bonds. The third-order valence-corrected chi connectivity index (χ3v) is 18.2. The highest BCUT2D eigenvalue weighted by Gasteiger charge is 2.50. The Balaban J connectivity index is 0.862. The molecule has 16 heteroatoms. The van der Waals surface area contributed by atoms with E-state index in [-0.39, 0.29) is 41.9 Å². The maximum atomic E-state index is 14.6. The van der Waals surface area contributed by atoms with Crippen LogP contribution in [0.4, 0.5) is 9.59 Å². The molecule has 0 unspecified atom stereocenters. The van der Waals surface area contributed by atoms with Crippen molar-refractivity contribution in [2.45, 2.75) is 159 Å². The number of nitrogens with one attached hydrogen (secondary N) is 4. The molecule has 16 nitrogen and oxygen atoms in total. The topological polar surface area (TPSA) is 193 Å². The second-order valence-electron chi connectivity index (χ2n) is 22.5. The van der Waals surface area contributed by atoms with Gasteiger partial charge in [-0.15, -0.1) is 0 Å². The minimum Gasteiger partial charge on any atom is -0.453 e. The van der Waals surface area contributed by atoms with Gasteiger partial charge in [0.1, 0.15) is 23.7 Å². The van der Waals surface area contributed by atoms with E-state index >= 15 is 0 Å². The van der Waals surface area contributed by atoms with E-state index in [0.29, 0.717) is 11.8 Å². The van der Waals surface area contributed by atoms with Gasteiger partial charge in [0.05, 0.1) is 60.6 Å². The number of benzene rings is 4. The van der Waals surface area contributed by atoms with Crippen LogP contribution in [-0.4, -0.2) is 119 Å². The van der Waals surface area contributed by atoms with Gasteiger partial charge in [0, 0.05) is 26.3 Å². The number of amides is 4. The largest absolute Gasteiger partial charge is 0.453 e. The number of H-pyrrole nitrogens is 2. The summed E-state index contributed by atoms with van der Waals surface area (Å²) in [5.74, 6) is 2.07. The van der Waals surface area contributed by atoms with E-state index in [2.05, 4.69) is 100 Å². The van der Waals surface area contributed by atoms with Gasteiger partial charge in [-0.1, -0.05) is 81.1 Å². The Morgan fingerprint density at radius 3 is 1.60 bits per heavy atom. The molecule has 4 bridgehead atoms. The van der Waals surface area contributed by atoms with E-state index in [0.717, 1.165) is 128 Å². The number of aromatic nitrogens is 4. The number of nitrogens with zero attached hydrogens (tertiary/aromatic N) is 4. The fraction of sp³-hybridized carbons (Fsp3) is 0.508. The highest BCUT2D eigenvalue weighted by Crippen LogP contribution is 2.48. The van der Waals surface area contributed by atoms with Gasteiger partial charge in [-0.25, -0.2) is 19.6 Å². The Morgan fingerprint density at radius 2 is 1.09 bits per heavy atom. The highest BCUT2D eigenvalue weighted by atomic mass is 16.5. The van der Waals surface area contributed by atoms with Crippen LogP contribution in [-0.2, 0) is 47.8 Å². The lowest BCUT2D eigenvalue weighted by molar-refractivity contribution is -0.141. The van der Waals surface area contributed by atoms with E-state index in [1.165, 1.54) is 47.6 Å². The Labute approximate surface area is 450 Å². The molecule has 0 spiro atoms. The minimum atomic E-state index is -0.908. The standard InChI is InChI=1S/C61H74N8O8/c1-33-26-39-19-17-36(27-44(39)40-22-24-46-48(29-40)64-56(62-46)52-31-42-12-8-10-14-50(42)68(52)58(70)54(34(2)74-4)66-60(72)76-6)16-18-37-20-21-38(33)28-45(37)41-23-25-47-49(30-41)65-57(63-47)53-32-43-13-9-11-15-51(43)69(53)59(71)55(35(3)75-5)67-61(73)77-7/h17,19-25,27-30,33-35,42-43,50-55H,8-16,18,26,31-32H2,1-7H3,(H,62,64)(H,63,65)(H,66,72)(H,67,73)/t33-,34-,35-,42+,43+,50+,51+,52+,53+,54+,55+/m1/s1. The van der Waals surface area contributed by atoms with Crippen molar-refractivity contribution in [2.24, 2.45) is 11.8 Å². The maximum Gasteiger partial charge on any atom is 0.407 e. The van der Waals surface area contributed by atoms with Crippen molar-refractivity contribution in [2.75, 3.05) is 28.4 Å². The van der Waals surface area contributed by atoms with Gasteiger partial charge >= 0.3 is 12.2 Å². The van der Waals surface area contributed by atoms with Gasteiger partial charge in [0.15, 0.2) is 0 Å². The van der Waals surface area contributed by atoms with Crippen molar-refractivity contribution in [3.05, 3.63) is 107 Å². The third-order valence-electron chi connectivity index (χ3n) is 18.2. The first kappa shape index (κ1) is 52.3. The maximum absolute atomic E-state index is 14.6. The molecular formula is C61H74N8O8. The lowest BCUT2D eigenvalue weighted by Crippen LogP contribution is -2.56. The quantitative estimate of drug-likeness (QED) is 0.0917. The van der Waals surface area contributed by atoms with Crippen LogP contribution in [0, 0.1) is 11.8 Å². The van der Waals surface area contributed by atoms with Crippen LogP contribution in [0.1, 0.15) is 137 Å². The number of alkyl carbamates (subject to hydrolysis) is 2. The first-order valence-corrected chi connectivity index (χ1v) is 28.0. The van der Waals surface area contributed by atoms with Crippen LogP contribution in [0.3, 0.4) is 0 Å². The van der Waals surface area contributed by atoms with Crippen LogP contribution < -0.4 is 10.6 Å². The number of fused-ring (bicyclic) bond motifs is 4. The average molecular weight is 1050 g/mol. The fourth-order valence-electron chi connectivity index (χ4n) is 13.8. The van der Waals surface area contributed by atoms with Crippen molar-refractivity contribution < 1.29 is 38.1 Å². The van der Waals surface area contributed by atoms with Crippen LogP contribution in [0.2, 0.25) is 0 Å². The number of ether oxygens (including phenoxy) is 4. The molecule has 8 aliphatic rings. The minimum absolute atomic E-state index is 0.0537. The zero-order valence-electron chi connectivity index (χ0n) is 45.5. The summed E-state index contributed by atoms with van der Waals surface area (Å²) in [6.07, 6.45) is 9.98. The Kier molecular flexibility index (Phi) is 14.9. The lowest BCUT2D eigenvalue weighted by atomic mass is 9.84. The normalized spacial score (nSPS) is 24.6. The first-order valence-electron chi connectivity index (χ1n) is 28.0. The van der Waals surface area contributed by atoms with E-state index < -0.39 is 36.5 Å². The summed E-state index contributed by atoms with van der Waals surface area (Å²) in [6.45, 7) is 5.90. The number of hydrogen-bond donors (Lipinski definition) is 4. The summed E-state index contributed by atoms with van der Waals surface area (Å²) < 4.78 is 21.1. The molecule has 2 saturated carbocycles. The van der Waals surface area contributed by atoms with Crippen molar-refractivity contribution in [3.63, 3.8) is 0 Å². The summed E-state index contributed by atoms with van der Waals surface area (Å²) in [6, 6.07) is 24.7. The molecule has 406 valence electrons. The highest BCUT2D eigenvalue weighted by molar-refractivity contribution is 5.89. The first-order chi connectivity index (χ1) is 37.3. The molecule has 14 rings (SSSR count). The summed E-state index contributed by atoms with van der Waals surface area (Å²) in [7, 11) is 5.70. The number of aromatic amines is 2. The SMILES string of the molecule is COC(=O)N[C@H](C(=O)N1[C@H](c2nc3cc(-c4cc5ccc4CCc4ccc(c(-c6ccc7[nH]c([C@@H]8C[C@@H]9CCCC[C@@H]9N8C(=O)[C@@H](NC(=O)OC)[C@@H](C)OC)nc7c6)c4)C[C@H]5C)ccc3[nH]2)C[C@@H]2CCCC[C@@H]21)[C@@H](C)OC. The number of aryl methyl sites for hydroxylation is 2. The molecule has 6 aromatic rings. The smallest absolute Gasteiger partial charge is 0.407 e. The molecule has 77 heavy (non-hydrogen) atoms. The molecule has 2 saturated heterocycles. The molecule has 4 N–H and O–H groups in total. The van der Waals surface area contributed by atoms with Crippen molar-refractivity contribution >= 4 is 46.1 Å². The summed E-state index contributed by atoms with van der Waals surface area (Å²) in [5.41, 5.74) is 13.2. The average Bonchev–Trinajstić information content (AvgIpc) is 4.27.